The van der Waals surface area contributed by atoms with Gasteiger partial charge in [0.15, 0.2) is 0 Å². The monoisotopic (exact) mass is 1150 g/mol. The summed E-state index contributed by atoms with van der Waals surface area (Å²) in [4.78, 5) is 24.6. The van der Waals surface area contributed by atoms with E-state index in [1.807, 2.05) is 0 Å². The molecule has 0 fully saturated rings. The molecule has 6 heteroatoms. The Morgan fingerprint density at radius 3 is 0.963 bits per heavy atom. The Labute approximate surface area is 513 Å². The number of aliphatic hydroxyl groups excluding tert-OH is 2. The van der Waals surface area contributed by atoms with Crippen LogP contribution < -0.4 is 5.32 Å². The zero-order valence-corrected chi connectivity index (χ0v) is 55.5. The predicted octanol–water partition coefficient (Wildman–Crippen LogP) is 24.3. The molecule has 0 aliphatic rings. The van der Waals surface area contributed by atoms with Crippen LogP contribution in [-0.2, 0) is 14.3 Å². The van der Waals surface area contributed by atoms with Crippen molar-refractivity contribution < 1.29 is 24.5 Å². The molecule has 1 amide bonds. The fourth-order valence-electron chi connectivity index (χ4n) is 11.7. The number of hydrogen-bond acceptors (Lipinski definition) is 5. The molecule has 0 saturated heterocycles. The number of carbonyl (C=O) groups excluding carboxylic acids is 2. The molecule has 0 saturated carbocycles. The van der Waals surface area contributed by atoms with E-state index >= 15 is 0 Å². The van der Waals surface area contributed by atoms with Crippen LogP contribution >= 0.6 is 0 Å². The van der Waals surface area contributed by atoms with E-state index in [1.165, 1.54) is 327 Å². The predicted molar refractivity (Wildman–Crippen MR) is 361 cm³/mol. The highest BCUT2D eigenvalue weighted by Gasteiger charge is 2.20. The molecular weight excluding hydrogens is 1010 g/mol. The maximum Gasteiger partial charge on any atom is 0.305 e. The molecule has 0 aromatic carbocycles. The van der Waals surface area contributed by atoms with E-state index in [1.54, 1.807) is 0 Å². The Bertz CT molecular complexity index is 1330. The van der Waals surface area contributed by atoms with Crippen molar-refractivity contribution in [2.75, 3.05) is 13.2 Å². The number of unbranched alkanes of at least 4 members (excludes halogenated alkanes) is 53. The highest BCUT2D eigenvalue weighted by Crippen LogP contribution is 2.19. The van der Waals surface area contributed by atoms with Gasteiger partial charge in [-0.3, -0.25) is 9.59 Å². The summed E-state index contributed by atoms with van der Waals surface area (Å²) in [5.41, 5.74) is 0. The van der Waals surface area contributed by atoms with Crippen LogP contribution in [0.2, 0.25) is 0 Å². The van der Waals surface area contributed by atoms with E-state index in [9.17, 15) is 19.8 Å². The van der Waals surface area contributed by atoms with E-state index in [0.717, 1.165) is 51.4 Å². The third kappa shape index (κ3) is 67.2. The average Bonchev–Trinajstić information content (AvgIpc) is 3.48. The van der Waals surface area contributed by atoms with Gasteiger partial charge in [0.05, 0.1) is 25.4 Å². The molecule has 82 heavy (non-hydrogen) atoms. The molecule has 6 nitrogen and oxygen atoms in total. The lowest BCUT2D eigenvalue weighted by Crippen LogP contribution is -2.45. The quantitative estimate of drug-likeness (QED) is 0.0320. The van der Waals surface area contributed by atoms with Gasteiger partial charge >= 0.3 is 5.97 Å². The Balaban J connectivity index is 3.32. The van der Waals surface area contributed by atoms with Gasteiger partial charge in [-0.05, 0) is 83.5 Å². The van der Waals surface area contributed by atoms with Crippen LogP contribution in [0, 0.1) is 0 Å². The van der Waals surface area contributed by atoms with Crippen LogP contribution in [0.15, 0.2) is 36.5 Å². The zero-order chi connectivity index (χ0) is 59.2. The fraction of sp³-hybridized carbons (Fsp3) is 0.895. The first-order valence-electron chi connectivity index (χ1n) is 37.2. The lowest BCUT2D eigenvalue weighted by molar-refractivity contribution is -0.143. The van der Waals surface area contributed by atoms with E-state index in [2.05, 4.69) is 55.6 Å². The number of aliphatic hydroxyl groups is 2. The molecule has 0 aliphatic heterocycles. The minimum Gasteiger partial charge on any atom is -0.466 e. The second-order valence-corrected chi connectivity index (χ2v) is 25.6. The van der Waals surface area contributed by atoms with Gasteiger partial charge in [0, 0.05) is 12.8 Å². The molecule has 3 N–H and O–H groups in total. The van der Waals surface area contributed by atoms with Crippen molar-refractivity contribution in [2.45, 2.75) is 424 Å². The summed E-state index contributed by atoms with van der Waals surface area (Å²) in [6.07, 6.45) is 92.3. The first kappa shape index (κ1) is 80.1. The zero-order valence-electron chi connectivity index (χ0n) is 55.5. The number of hydrogen-bond donors (Lipinski definition) is 3. The highest BCUT2D eigenvalue weighted by molar-refractivity contribution is 5.76. The summed E-state index contributed by atoms with van der Waals surface area (Å²) < 4.78 is 5.49. The second-order valence-electron chi connectivity index (χ2n) is 25.6. The van der Waals surface area contributed by atoms with Crippen LogP contribution in [0.3, 0.4) is 0 Å². The first-order chi connectivity index (χ1) is 40.5. The van der Waals surface area contributed by atoms with Crippen molar-refractivity contribution in [1.82, 2.24) is 5.32 Å². The Morgan fingerprint density at radius 1 is 0.341 bits per heavy atom. The van der Waals surface area contributed by atoms with E-state index < -0.39 is 12.1 Å². The molecule has 0 aliphatic carbocycles. The lowest BCUT2D eigenvalue weighted by atomic mass is 10.0. The molecule has 484 valence electrons. The number of carbonyl (C=O) groups is 2. The van der Waals surface area contributed by atoms with Crippen LogP contribution in [0.5, 0.6) is 0 Å². The molecule has 0 aromatic heterocycles. The topological polar surface area (TPSA) is 95.9 Å². The Hall–Kier alpha value is -1.92. The fourth-order valence-corrected chi connectivity index (χ4v) is 11.7. The number of rotatable bonds is 70. The average molecular weight is 1150 g/mol. The van der Waals surface area contributed by atoms with Crippen molar-refractivity contribution in [3.8, 4) is 0 Å². The van der Waals surface area contributed by atoms with Crippen LogP contribution in [-0.4, -0.2) is 47.4 Å². The summed E-state index contributed by atoms with van der Waals surface area (Å²) in [5.74, 6) is -0.0212. The molecule has 0 aromatic rings. The molecular formula is C76H145NO5. The summed E-state index contributed by atoms with van der Waals surface area (Å²) in [5, 5.41) is 23.3. The molecule has 2 atom stereocenters. The van der Waals surface area contributed by atoms with Crippen molar-refractivity contribution in [1.29, 1.82) is 0 Å². The SMILES string of the molecule is CCCCC/C=C\C/C=C\CCCCCCCC(=O)OCCCCCCCCCCCCCCCCCC/C=C\CCCCCCCCCCCCCCCCCCCC(=O)NC(CO)C(O)CCCCCCCCCCCCCCC. The molecule has 0 radical (unpaired) electrons. The number of nitrogens with one attached hydrogen (secondary N) is 1. The molecule has 0 spiro atoms. The summed E-state index contributed by atoms with van der Waals surface area (Å²) in [6, 6.07) is -0.537. The number of allylic oxidation sites excluding steroid dienone is 6. The maximum atomic E-state index is 12.5. The highest BCUT2D eigenvalue weighted by atomic mass is 16.5. The van der Waals surface area contributed by atoms with Crippen molar-refractivity contribution >= 4 is 11.9 Å². The van der Waals surface area contributed by atoms with Crippen LogP contribution in [0.25, 0.3) is 0 Å². The van der Waals surface area contributed by atoms with Gasteiger partial charge in [-0.1, -0.05) is 352 Å². The standard InChI is InChI=1S/C76H145NO5/c1-3-5-7-9-11-13-15-17-41-46-50-54-58-62-66-70-76(81)82-71-67-63-59-55-51-47-43-40-38-36-34-32-30-28-26-24-22-20-18-19-21-23-25-27-29-31-33-35-37-39-42-45-49-53-57-61-65-69-75(80)77-73(72-78)74(79)68-64-60-56-52-48-44-16-14-12-10-8-6-4-2/h11,13,17-18,20,41,73-74,78-79H,3-10,12,14-16,19,21-40,42-72H2,1-2H3,(H,77,80)/b13-11-,20-18-,41-17-. The summed E-state index contributed by atoms with van der Waals surface area (Å²) >= 11 is 0. The van der Waals surface area contributed by atoms with E-state index in [4.69, 9.17) is 4.74 Å². The smallest absolute Gasteiger partial charge is 0.305 e. The molecule has 0 bridgehead atoms. The normalized spacial score (nSPS) is 12.7. The van der Waals surface area contributed by atoms with E-state index in [-0.39, 0.29) is 18.5 Å². The Morgan fingerprint density at radius 2 is 0.610 bits per heavy atom. The molecule has 2 unspecified atom stereocenters. The number of ether oxygens (including phenoxy) is 1. The number of amides is 1. The van der Waals surface area contributed by atoms with Crippen molar-refractivity contribution in [3.63, 3.8) is 0 Å². The minimum atomic E-state index is -0.660. The minimum absolute atomic E-state index is 0.00773. The van der Waals surface area contributed by atoms with E-state index in [0.29, 0.717) is 25.9 Å². The van der Waals surface area contributed by atoms with Crippen molar-refractivity contribution in [2.24, 2.45) is 0 Å². The van der Waals surface area contributed by atoms with Crippen LogP contribution in [0.1, 0.15) is 412 Å². The van der Waals surface area contributed by atoms with Gasteiger partial charge < -0.3 is 20.3 Å². The van der Waals surface area contributed by atoms with Crippen LogP contribution in [0.4, 0.5) is 0 Å². The lowest BCUT2D eigenvalue weighted by Gasteiger charge is -2.22. The maximum absolute atomic E-state index is 12.5. The van der Waals surface area contributed by atoms with Gasteiger partial charge in [-0.15, -0.1) is 0 Å². The number of esters is 1. The summed E-state index contributed by atoms with van der Waals surface area (Å²) in [6.45, 7) is 4.95. The van der Waals surface area contributed by atoms with Gasteiger partial charge in [0.1, 0.15) is 0 Å². The summed E-state index contributed by atoms with van der Waals surface area (Å²) in [7, 11) is 0. The van der Waals surface area contributed by atoms with Gasteiger partial charge in [-0.25, -0.2) is 0 Å². The van der Waals surface area contributed by atoms with Gasteiger partial charge in [0.25, 0.3) is 0 Å². The third-order valence-electron chi connectivity index (χ3n) is 17.4. The molecule has 0 rings (SSSR count). The van der Waals surface area contributed by atoms with Crippen molar-refractivity contribution in [3.05, 3.63) is 36.5 Å². The largest absolute Gasteiger partial charge is 0.466 e. The first-order valence-corrected chi connectivity index (χ1v) is 37.2. The van der Waals surface area contributed by atoms with Gasteiger partial charge in [0.2, 0.25) is 5.91 Å². The van der Waals surface area contributed by atoms with Gasteiger partial charge in [-0.2, -0.15) is 0 Å². The molecule has 0 heterocycles. The third-order valence-corrected chi connectivity index (χ3v) is 17.4. The second kappa shape index (κ2) is 71.6. The Kier molecular flexibility index (Phi) is 69.9.